The van der Waals surface area contributed by atoms with Crippen LogP contribution in [0.3, 0.4) is 0 Å². The van der Waals surface area contributed by atoms with E-state index in [2.05, 4.69) is 19.6 Å². The molecule has 0 saturated carbocycles. The molecule has 0 heterocycles. The van der Waals surface area contributed by atoms with E-state index in [-0.39, 0.29) is 0 Å². The first-order valence-electron chi connectivity index (χ1n) is 8.48. The molecule has 0 radical (unpaired) electrons. The average molecular weight is 352 g/mol. The predicted octanol–water partition coefficient (Wildman–Crippen LogP) is 4.26. The molecular weight excluding hydrogens is 324 g/mol. The maximum atomic E-state index is 10.9. The number of carboxylic acid groups (broad SMARTS) is 1. The van der Waals surface area contributed by atoms with E-state index in [9.17, 15) is 9.90 Å². The zero-order valence-electron chi connectivity index (χ0n) is 14.2. The number of benzene rings is 1. The van der Waals surface area contributed by atoms with Gasteiger partial charge in [-0.2, -0.15) is 12.6 Å². The van der Waals surface area contributed by atoms with Crippen LogP contribution in [0.5, 0.6) is 5.75 Å². The molecule has 1 unspecified atom stereocenters. The summed E-state index contributed by atoms with van der Waals surface area (Å²) in [7, 11) is 0. The summed E-state index contributed by atoms with van der Waals surface area (Å²) in [5.41, 5.74) is 0.869. The number of allylic oxidation sites excluding steroid dienone is 1. The largest absolute Gasteiger partial charge is 0.490 e. The van der Waals surface area contributed by atoms with Crippen LogP contribution in [0.4, 0.5) is 0 Å². The summed E-state index contributed by atoms with van der Waals surface area (Å²) in [5.74, 6) is -0.277. The third-order valence-corrected chi connectivity index (χ3v) is 4.27. The van der Waals surface area contributed by atoms with E-state index in [0.29, 0.717) is 24.5 Å². The lowest BCUT2D eigenvalue weighted by molar-refractivity contribution is -0.140. The number of hydrogen-bond donors (Lipinski definition) is 3. The van der Waals surface area contributed by atoms with E-state index in [1.165, 1.54) is 0 Å². The normalized spacial score (nSPS) is 13.8. The Labute approximate surface area is 150 Å². The van der Waals surface area contributed by atoms with Crippen LogP contribution in [0.15, 0.2) is 36.4 Å². The highest BCUT2D eigenvalue weighted by Gasteiger charge is 2.12. The number of hydrogen-bond acceptors (Lipinski definition) is 4. The number of rotatable bonds is 12. The Balaban J connectivity index is 2.43. The molecule has 1 rings (SSSR count). The van der Waals surface area contributed by atoms with Crippen molar-refractivity contribution in [1.29, 1.82) is 0 Å². The minimum Gasteiger partial charge on any atom is -0.490 e. The van der Waals surface area contributed by atoms with Gasteiger partial charge >= 0.3 is 5.97 Å². The molecule has 0 aromatic heterocycles. The molecule has 0 aliphatic rings. The molecule has 0 aliphatic carbocycles. The second-order valence-electron chi connectivity index (χ2n) is 5.82. The van der Waals surface area contributed by atoms with Crippen LogP contribution in [0.2, 0.25) is 0 Å². The van der Waals surface area contributed by atoms with Crippen LogP contribution in [0, 0.1) is 5.92 Å². The summed E-state index contributed by atoms with van der Waals surface area (Å²) >= 11 is 4.03. The SMILES string of the molecule is CCCCCC(O)c1cccc(OC/C=C/C[C@H](CS)C(=O)O)c1. The second-order valence-corrected chi connectivity index (χ2v) is 6.19. The zero-order chi connectivity index (χ0) is 17.8. The summed E-state index contributed by atoms with van der Waals surface area (Å²) in [6.45, 7) is 2.51. The standard InChI is InChI=1S/C19H28O4S/c1-2-3-4-11-18(20)15-9-7-10-17(13-15)23-12-6-5-8-16(14-24)19(21)22/h5-7,9-10,13,16,18,20,24H,2-4,8,11-12,14H2,1H3,(H,21,22)/b6-5+/t16-,18?/m1/s1. The predicted molar refractivity (Wildman–Crippen MR) is 99.8 cm³/mol. The quantitative estimate of drug-likeness (QED) is 0.299. The van der Waals surface area contributed by atoms with Gasteiger partial charge in [0.2, 0.25) is 0 Å². The minimum absolute atomic E-state index is 0.318. The number of carbonyl (C=O) groups is 1. The van der Waals surface area contributed by atoms with Crippen molar-refractivity contribution in [2.75, 3.05) is 12.4 Å². The summed E-state index contributed by atoms with van der Waals surface area (Å²) < 4.78 is 5.63. The highest BCUT2D eigenvalue weighted by molar-refractivity contribution is 7.80. The molecule has 0 saturated heterocycles. The van der Waals surface area contributed by atoms with Crippen LogP contribution in [-0.4, -0.2) is 28.5 Å². The molecule has 1 aromatic carbocycles. The van der Waals surface area contributed by atoms with Gasteiger partial charge in [0.15, 0.2) is 0 Å². The van der Waals surface area contributed by atoms with Gasteiger partial charge in [0, 0.05) is 5.75 Å². The van der Waals surface area contributed by atoms with Crippen LogP contribution in [-0.2, 0) is 4.79 Å². The third kappa shape index (κ3) is 7.88. The van der Waals surface area contributed by atoms with Crippen molar-refractivity contribution in [2.45, 2.75) is 45.1 Å². The monoisotopic (exact) mass is 352 g/mol. The smallest absolute Gasteiger partial charge is 0.307 e. The molecular formula is C19H28O4S. The molecule has 2 N–H and O–H groups in total. The maximum absolute atomic E-state index is 10.9. The van der Waals surface area contributed by atoms with Crippen molar-refractivity contribution in [3.8, 4) is 5.75 Å². The van der Waals surface area contributed by atoms with Gasteiger partial charge in [-0.15, -0.1) is 0 Å². The lowest BCUT2D eigenvalue weighted by Gasteiger charge is -2.12. The van der Waals surface area contributed by atoms with Gasteiger partial charge in [-0.1, -0.05) is 50.5 Å². The number of aliphatic hydroxyl groups excluding tert-OH is 1. The first-order valence-corrected chi connectivity index (χ1v) is 9.11. The molecule has 1 aromatic rings. The molecule has 0 aliphatic heterocycles. The summed E-state index contributed by atoms with van der Waals surface area (Å²) in [5, 5.41) is 19.1. The fraction of sp³-hybridized carbons (Fsp3) is 0.526. The fourth-order valence-electron chi connectivity index (χ4n) is 2.29. The Morgan fingerprint density at radius 1 is 1.33 bits per heavy atom. The number of carboxylic acids is 1. The van der Waals surface area contributed by atoms with E-state index < -0.39 is 18.0 Å². The Kier molecular flexibility index (Phi) is 10.3. The van der Waals surface area contributed by atoms with Gasteiger partial charge in [0.25, 0.3) is 0 Å². The molecule has 5 heteroatoms. The van der Waals surface area contributed by atoms with Gasteiger partial charge < -0.3 is 14.9 Å². The Bertz CT molecular complexity index is 516. The van der Waals surface area contributed by atoms with Crippen molar-refractivity contribution in [1.82, 2.24) is 0 Å². The zero-order valence-corrected chi connectivity index (χ0v) is 15.1. The van der Waals surface area contributed by atoms with E-state index in [1.807, 2.05) is 30.3 Å². The molecule has 0 fully saturated rings. The highest BCUT2D eigenvalue weighted by atomic mass is 32.1. The van der Waals surface area contributed by atoms with Gasteiger partial charge in [-0.25, -0.2) is 0 Å². The number of unbranched alkanes of at least 4 members (excludes halogenated alkanes) is 2. The van der Waals surface area contributed by atoms with Crippen LogP contribution in [0.25, 0.3) is 0 Å². The Morgan fingerprint density at radius 3 is 2.79 bits per heavy atom. The van der Waals surface area contributed by atoms with E-state index in [0.717, 1.165) is 31.2 Å². The Morgan fingerprint density at radius 2 is 2.12 bits per heavy atom. The van der Waals surface area contributed by atoms with Gasteiger partial charge in [-0.05, 0) is 30.5 Å². The van der Waals surface area contributed by atoms with Crippen molar-refractivity contribution in [3.05, 3.63) is 42.0 Å². The number of ether oxygens (including phenoxy) is 1. The lowest BCUT2D eigenvalue weighted by Crippen LogP contribution is -2.14. The third-order valence-electron chi connectivity index (χ3n) is 3.83. The van der Waals surface area contributed by atoms with Gasteiger partial charge in [-0.3, -0.25) is 4.79 Å². The molecule has 2 atom stereocenters. The van der Waals surface area contributed by atoms with E-state index in [1.54, 1.807) is 6.08 Å². The van der Waals surface area contributed by atoms with E-state index >= 15 is 0 Å². The molecule has 0 spiro atoms. The fourth-order valence-corrected chi connectivity index (χ4v) is 2.60. The van der Waals surface area contributed by atoms with Crippen LogP contribution < -0.4 is 4.74 Å². The minimum atomic E-state index is -0.833. The first-order chi connectivity index (χ1) is 11.6. The molecule has 0 amide bonds. The van der Waals surface area contributed by atoms with Crippen LogP contribution >= 0.6 is 12.6 Å². The Hall–Kier alpha value is -1.46. The first kappa shape index (κ1) is 20.6. The molecule has 24 heavy (non-hydrogen) atoms. The number of aliphatic hydroxyl groups is 1. The van der Waals surface area contributed by atoms with Gasteiger partial charge in [0.05, 0.1) is 12.0 Å². The average Bonchev–Trinajstić information content (AvgIpc) is 2.58. The van der Waals surface area contributed by atoms with Crippen molar-refractivity contribution in [3.63, 3.8) is 0 Å². The maximum Gasteiger partial charge on any atom is 0.307 e. The topological polar surface area (TPSA) is 66.8 Å². The van der Waals surface area contributed by atoms with Crippen molar-refractivity contribution in [2.24, 2.45) is 5.92 Å². The van der Waals surface area contributed by atoms with Crippen molar-refractivity contribution >= 4 is 18.6 Å². The summed E-state index contributed by atoms with van der Waals surface area (Å²) in [6, 6.07) is 7.49. The van der Waals surface area contributed by atoms with E-state index in [4.69, 9.17) is 9.84 Å². The van der Waals surface area contributed by atoms with Gasteiger partial charge in [0.1, 0.15) is 12.4 Å². The molecule has 0 bridgehead atoms. The number of aliphatic carboxylic acids is 1. The summed E-state index contributed by atoms with van der Waals surface area (Å²) in [6.07, 6.45) is 7.64. The summed E-state index contributed by atoms with van der Waals surface area (Å²) in [4.78, 5) is 10.9. The molecule has 134 valence electrons. The second kappa shape index (κ2) is 12.0. The lowest BCUT2D eigenvalue weighted by atomic mass is 10.0. The van der Waals surface area contributed by atoms with Crippen molar-refractivity contribution < 1.29 is 19.7 Å². The highest BCUT2D eigenvalue weighted by Crippen LogP contribution is 2.23. The van der Waals surface area contributed by atoms with Crippen LogP contribution in [0.1, 0.15) is 50.7 Å². The number of thiol groups is 1. The molecule has 4 nitrogen and oxygen atoms in total.